The van der Waals surface area contributed by atoms with Crippen LogP contribution in [0.5, 0.6) is 0 Å². The zero-order chi connectivity index (χ0) is 24.2. The molecule has 1 atom stereocenters. The fourth-order valence-corrected chi connectivity index (χ4v) is 5.42. The van der Waals surface area contributed by atoms with Crippen molar-refractivity contribution < 1.29 is 18.5 Å². The zero-order valence-electron chi connectivity index (χ0n) is 22.1. The molecule has 0 bridgehead atoms. The van der Waals surface area contributed by atoms with Crippen molar-refractivity contribution in [2.75, 3.05) is 45.9 Å². The number of nitrogens with zero attached hydrogens (tertiary/aromatic N) is 2. The third kappa shape index (κ3) is 16.4. The van der Waals surface area contributed by atoms with E-state index in [1.165, 1.54) is 96.6 Å². The summed E-state index contributed by atoms with van der Waals surface area (Å²) in [6.45, 7) is 12.6. The minimum absolute atomic E-state index is 0.256. The van der Waals surface area contributed by atoms with E-state index >= 15 is 0 Å². The van der Waals surface area contributed by atoms with Gasteiger partial charge in [0, 0.05) is 12.6 Å². The molecule has 33 heavy (non-hydrogen) atoms. The molecule has 1 N–H and O–H groups in total. The summed E-state index contributed by atoms with van der Waals surface area (Å²) in [5.74, 6) is 0. The largest absolute Gasteiger partial charge is 0.472 e. The second-order valence-electron chi connectivity index (χ2n) is 9.78. The molecule has 0 spiro atoms. The second kappa shape index (κ2) is 20.2. The van der Waals surface area contributed by atoms with Crippen LogP contribution in [0.15, 0.2) is 0 Å². The lowest BCUT2D eigenvalue weighted by Gasteiger charge is -2.38. The third-order valence-corrected chi connectivity index (χ3v) is 7.85. The van der Waals surface area contributed by atoms with Gasteiger partial charge in [-0.15, -0.1) is 0 Å². The van der Waals surface area contributed by atoms with Gasteiger partial charge in [-0.25, -0.2) is 4.57 Å². The first-order valence-electron chi connectivity index (χ1n) is 14.1. The lowest BCUT2D eigenvalue weighted by atomic mass is 10.0. The Hall–Kier alpha value is 0.0300. The molecule has 198 valence electrons. The zero-order valence-corrected chi connectivity index (χ0v) is 23.0. The lowest BCUT2D eigenvalue weighted by Crippen LogP contribution is -2.46. The molecule has 6 nitrogen and oxygen atoms in total. The smallest absolute Gasteiger partial charge is 0.302 e. The molecule has 1 aliphatic heterocycles. The molecule has 0 amide bonds. The number of unbranched alkanes of at least 4 members (excludes halogenated alkanes) is 10. The normalized spacial score (nSPS) is 17.6. The number of hydrogen-bond donors (Lipinski definition) is 1. The van der Waals surface area contributed by atoms with E-state index in [4.69, 9.17) is 9.05 Å². The average molecular weight is 491 g/mol. The van der Waals surface area contributed by atoms with Gasteiger partial charge in [-0.3, -0.25) is 9.05 Å². The first kappa shape index (κ1) is 31.1. The van der Waals surface area contributed by atoms with Crippen LogP contribution in [0.1, 0.15) is 117 Å². The van der Waals surface area contributed by atoms with Gasteiger partial charge in [0.1, 0.15) is 0 Å². The Morgan fingerprint density at radius 1 is 0.758 bits per heavy atom. The Kier molecular flexibility index (Phi) is 19.1. The van der Waals surface area contributed by atoms with E-state index in [2.05, 4.69) is 30.6 Å². The predicted molar refractivity (Wildman–Crippen MR) is 140 cm³/mol. The second-order valence-corrected chi connectivity index (χ2v) is 11.2. The van der Waals surface area contributed by atoms with Gasteiger partial charge < -0.3 is 14.7 Å². The summed E-state index contributed by atoms with van der Waals surface area (Å²) in [5, 5.41) is 0. The first-order valence-corrected chi connectivity index (χ1v) is 15.6. The van der Waals surface area contributed by atoms with E-state index in [-0.39, 0.29) is 6.61 Å². The number of piperidine rings is 1. The van der Waals surface area contributed by atoms with Crippen LogP contribution in [0, 0.1) is 0 Å². The molecule has 1 heterocycles. The fourth-order valence-electron chi connectivity index (χ4n) is 4.68. The Balaban J connectivity index is 2.18. The molecule has 0 radical (unpaired) electrons. The monoisotopic (exact) mass is 490 g/mol. The van der Waals surface area contributed by atoms with Crippen LogP contribution in [0.3, 0.4) is 0 Å². The molecule has 1 rings (SSSR count). The summed E-state index contributed by atoms with van der Waals surface area (Å²) in [5.41, 5.74) is 0. The summed E-state index contributed by atoms with van der Waals surface area (Å²) in [6, 6.07) is 0.685. The van der Waals surface area contributed by atoms with Gasteiger partial charge in [0.05, 0.1) is 13.2 Å². The van der Waals surface area contributed by atoms with Gasteiger partial charge >= 0.3 is 7.82 Å². The van der Waals surface area contributed by atoms with Gasteiger partial charge in [-0.2, -0.15) is 0 Å². The van der Waals surface area contributed by atoms with Gasteiger partial charge in [0.15, 0.2) is 0 Å². The highest BCUT2D eigenvalue weighted by atomic mass is 31.2. The van der Waals surface area contributed by atoms with Crippen LogP contribution in [0.2, 0.25) is 0 Å². The van der Waals surface area contributed by atoms with E-state index in [0.29, 0.717) is 19.2 Å². The minimum atomic E-state index is -3.92. The maximum atomic E-state index is 12.1. The molecule has 7 heteroatoms. The quantitative estimate of drug-likeness (QED) is 0.130. The lowest BCUT2D eigenvalue weighted by molar-refractivity contribution is 0.0860. The van der Waals surface area contributed by atoms with E-state index in [1.54, 1.807) is 0 Å². The van der Waals surface area contributed by atoms with Crippen molar-refractivity contribution in [3.8, 4) is 0 Å². The number of likely N-dealkylation sites (tertiary alicyclic amines) is 1. The minimum Gasteiger partial charge on any atom is -0.302 e. The standard InChI is InChI=1S/C26H55N2O4P/c1-4-7-10-11-12-13-16-24-31-33(29,30)32-25-23-27-21-17-26(18-22-27)28(19-14-8-5-2)20-15-9-6-3/h26H,4-25H2,1-3H3,(H,29,30). The topological polar surface area (TPSA) is 62.2 Å². The van der Waals surface area contributed by atoms with Crippen molar-refractivity contribution >= 4 is 7.82 Å². The van der Waals surface area contributed by atoms with Crippen molar-refractivity contribution in [3.05, 3.63) is 0 Å². The highest BCUT2D eigenvalue weighted by Gasteiger charge is 2.25. The van der Waals surface area contributed by atoms with Crippen molar-refractivity contribution in [2.45, 2.75) is 123 Å². The number of hydrogen-bond acceptors (Lipinski definition) is 5. The fraction of sp³-hybridized carbons (Fsp3) is 1.00. The molecule has 1 unspecified atom stereocenters. The molecule has 1 aliphatic rings. The summed E-state index contributed by atoms with van der Waals surface area (Å²) in [4.78, 5) is 15.0. The summed E-state index contributed by atoms with van der Waals surface area (Å²) in [6.07, 6.45) is 18.3. The van der Waals surface area contributed by atoms with E-state index in [0.717, 1.165) is 25.9 Å². The van der Waals surface area contributed by atoms with Crippen LogP contribution in [-0.4, -0.2) is 66.7 Å². The van der Waals surface area contributed by atoms with Crippen LogP contribution in [0.25, 0.3) is 0 Å². The molecule has 1 fully saturated rings. The molecule has 0 aliphatic carbocycles. The molecule has 1 saturated heterocycles. The summed E-state index contributed by atoms with van der Waals surface area (Å²) < 4.78 is 22.5. The maximum absolute atomic E-state index is 12.1. The molecule has 0 aromatic heterocycles. The number of phosphoric acid groups is 1. The van der Waals surface area contributed by atoms with Crippen molar-refractivity contribution in [1.82, 2.24) is 9.80 Å². The number of rotatable bonds is 22. The van der Waals surface area contributed by atoms with Crippen LogP contribution < -0.4 is 0 Å². The van der Waals surface area contributed by atoms with Crippen LogP contribution >= 0.6 is 7.82 Å². The number of phosphoric ester groups is 1. The Morgan fingerprint density at radius 2 is 1.24 bits per heavy atom. The highest BCUT2D eigenvalue weighted by molar-refractivity contribution is 7.47. The highest BCUT2D eigenvalue weighted by Crippen LogP contribution is 2.43. The average Bonchev–Trinajstić information content (AvgIpc) is 2.80. The molecular weight excluding hydrogens is 435 g/mol. The van der Waals surface area contributed by atoms with Crippen LogP contribution in [-0.2, 0) is 13.6 Å². The first-order chi connectivity index (χ1) is 16.0. The molecule has 0 aromatic carbocycles. The van der Waals surface area contributed by atoms with Crippen molar-refractivity contribution in [3.63, 3.8) is 0 Å². The van der Waals surface area contributed by atoms with Crippen LogP contribution in [0.4, 0.5) is 0 Å². The summed E-state index contributed by atoms with van der Waals surface area (Å²) >= 11 is 0. The molecule has 0 saturated carbocycles. The van der Waals surface area contributed by atoms with Crippen molar-refractivity contribution in [2.24, 2.45) is 0 Å². The predicted octanol–water partition coefficient (Wildman–Crippen LogP) is 7.02. The summed E-state index contributed by atoms with van der Waals surface area (Å²) in [7, 11) is -3.92. The van der Waals surface area contributed by atoms with Crippen molar-refractivity contribution in [1.29, 1.82) is 0 Å². The maximum Gasteiger partial charge on any atom is 0.472 e. The van der Waals surface area contributed by atoms with Gasteiger partial charge in [-0.1, -0.05) is 85.0 Å². The third-order valence-electron chi connectivity index (χ3n) is 6.84. The molecular formula is C26H55N2O4P. The molecule has 0 aromatic rings. The van der Waals surface area contributed by atoms with Gasteiger partial charge in [-0.05, 0) is 58.3 Å². The van der Waals surface area contributed by atoms with Gasteiger partial charge in [0.2, 0.25) is 0 Å². The van der Waals surface area contributed by atoms with Gasteiger partial charge in [0.25, 0.3) is 0 Å². The Labute approximate surface area is 205 Å². The van der Waals surface area contributed by atoms with E-state index in [9.17, 15) is 9.46 Å². The SMILES string of the molecule is CCCCCCCCCOP(=O)(O)OCCN1CCC(N(CCCCC)CCCCC)CC1. The Bertz CT molecular complexity index is 477. The van der Waals surface area contributed by atoms with E-state index < -0.39 is 7.82 Å². The Morgan fingerprint density at radius 3 is 1.82 bits per heavy atom. The van der Waals surface area contributed by atoms with E-state index in [1.807, 2.05) is 0 Å².